The van der Waals surface area contributed by atoms with Crippen molar-refractivity contribution in [3.8, 4) is 0 Å². The molecule has 6 heteroatoms. The van der Waals surface area contributed by atoms with E-state index in [0.29, 0.717) is 10.7 Å². The van der Waals surface area contributed by atoms with Crippen molar-refractivity contribution < 1.29 is 0 Å². The lowest BCUT2D eigenvalue weighted by Crippen LogP contribution is -2.46. The molecule has 0 radical (unpaired) electrons. The zero-order chi connectivity index (χ0) is 17.0. The van der Waals surface area contributed by atoms with Crippen LogP contribution in [-0.4, -0.2) is 15.0 Å². The van der Waals surface area contributed by atoms with E-state index in [4.69, 9.17) is 12.2 Å². The SMILES string of the molecule is CC(C)(c1ccccc1)N(Nc1ccccc1)c1ncnc(=S)[nH]1. The number of H-pyrrole nitrogens is 1. The Labute approximate surface area is 146 Å². The Morgan fingerprint density at radius 1 is 0.958 bits per heavy atom. The van der Waals surface area contributed by atoms with Gasteiger partial charge in [-0.05, 0) is 43.8 Å². The third kappa shape index (κ3) is 3.44. The molecule has 0 unspecified atom stereocenters. The molecule has 0 aliphatic heterocycles. The summed E-state index contributed by atoms with van der Waals surface area (Å²) in [7, 11) is 0. The maximum atomic E-state index is 5.16. The second-order valence-electron chi connectivity index (χ2n) is 5.87. The van der Waals surface area contributed by atoms with Crippen molar-refractivity contribution >= 4 is 23.9 Å². The summed E-state index contributed by atoms with van der Waals surface area (Å²) >= 11 is 5.16. The van der Waals surface area contributed by atoms with Crippen LogP contribution in [0.5, 0.6) is 0 Å². The average Bonchev–Trinajstić information content (AvgIpc) is 2.61. The van der Waals surface area contributed by atoms with Crippen LogP contribution < -0.4 is 10.4 Å². The number of benzene rings is 2. The van der Waals surface area contributed by atoms with Crippen molar-refractivity contribution in [1.82, 2.24) is 15.0 Å². The average molecular weight is 337 g/mol. The highest BCUT2D eigenvalue weighted by atomic mass is 32.1. The van der Waals surface area contributed by atoms with E-state index in [1.807, 2.05) is 53.5 Å². The first-order valence-electron chi connectivity index (χ1n) is 7.66. The van der Waals surface area contributed by atoms with Crippen molar-refractivity contribution in [1.29, 1.82) is 0 Å². The molecule has 0 saturated heterocycles. The summed E-state index contributed by atoms with van der Waals surface area (Å²) in [6.45, 7) is 4.24. The van der Waals surface area contributed by atoms with Crippen LogP contribution in [0.3, 0.4) is 0 Å². The van der Waals surface area contributed by atoms with Crippen molar-refractivity contribution in [2.75, 3.05) is 10.4 Å². The molecule has 0 spiro atoms. The van der Waals surface area contributed by atoms with E-state index in [0.717, 1.165) is 11.3 Å². The molecule has 1 heterocycles. The van der Waals surface area contributed by atoms with Gasteiger partial charge >= 0.3 is 0 Å². The van der Waals surface area contributed by atoms with Gasteiger partial charge < -0.3 is 0 Å². The van der Waals surface area contributed by atoms with Gasteiger partial charge in [0.1, 0.15) is 6.33 Å². The van der Waals surface area contributed by atoms with Crippen LogP contribution in [-0.2, 0) is 5.54 Å². The van der Waals surface area contributed by atoms with Gasteiger partial charge in [-0.1, -0.05) is 48.5 Å². The predicted molar refractivity (Wildman–Crippen MR) is 99.2 cm³/mol. The number of aromatic amines is 1. The third-order valence-corrected chi connectivity index (χ3v) is 4.05. The Hall–Kier alpha value is -2.73. The number of para-hydroxylation sites is 1. The van der Waals surface area contributed by atoms with Gasteiger partial charge in [0.15, 0.2) is 0 Å². The standard InChI is InChI=1S/C18H19N5S/c1-18(2,14-9-5-3-6-10-14)23(16-19-13-20-17(24)21-16)22-15-11-7-4-8-12-15/h3-13,22H,1-2H3,(H,19,20,21,24). The van der Waals surface area contributed by atoms with Gasteiger partial charge in [-0.3, -0.25) is 10.4 Å². The largest absolute Gasteiger partial charge is 0.300 e. The van der Waals surface area contributed by atoms with Gasteiger partial charge in [0, 0.05) is 0 Å². The van der Waals surface area contributed by atoms with Crippen LogP contribution in [0.4, 0.5) is 11.6 Å². The molecular weight excluding hydrogens is 318 g/mol. The summed E-state index contributed by atoms with van der Waals surface area (Å²) in [5.74, 6) is 0.604. The minimum absolute atomic E-state index is 0.385. The second-order valence-corrected chi connectivity index (χ2v) is 6.25. The molecule has 0 saturated carbocycles. The Kier molecular flexibility index (Phi) is 4.57. The Bertz CT molecular complexity index is 846. The Morgan fingerprint density at radius 3 is 2.21 bits per heavy atom. The maximum absolute atomic E-state index is 5.16. The molecule has 0 amide bonds. The monoisotopic (exact) mass is 337 g/mol. The molecule has 3 rings (SSSR count). The zero-order valence-corrected chi connectivity index (χ0v) is 14.4. The first-order valence-corrected chi connectivity index (χ1v) is 8.07. The van der Waals surface area contributed by atoms with Crippen LogP contribution in [0.25, 0.3) is 0 Å². The maximum Gasteiger partial charge on any atom is 0.226 e. The molecule has 24 heavy (non-hydrogen) atoms. The number of nitrogens with zero attached hydrogens (tertiary/aromatic N) is 3. The molecule has 3 aromatic rings. The first kappa shape index (κ1) is 16.1. The van der Waals surface area contributed by atoms with Crippen LogP contribution in [0.1, 0.15) is 19.4 Å². The highest BCUT2D eigenvalue weighted by molar-refractivity contribution is 7.71. The number of anilines is 2. The Balaban J connectivity index is 2.06. The molecule has 2 N–H and O–H groups in total. The van der Waals surface area contributed by atoms with Crippen LogP contribution in [0.15, 0.2) is 67.0 Å². The molecule has 122 valence electrons. The second kappa shape index (κ2) is 6.80. The summed E-state index contributed by atoms with van der Waals surface area (Å²) in [5, 5.41) is 1.97. The molecule has 0 fully saturated rings. The lowest BCUT2D eigenvalue weighted by atomic mass is 9.94. The van der Waals surface area contributed by atoms with E-state index >= 15 is 0 Å². The minimum atomic E-state index is -0.385. The van der Waals surface area contributed by atoms with Gasteiger partial charge in [-0.15, -0.1) is 0 Å². The number of aromatic nitrogens is 3. The van der Waals surface area contributed by atoms with Crippen molar-refractivity contribution in [3.63, 3.8) is 0 Å². The van der Waals surface area contributed by atoms with Gasteiger partial charge in [-0.2, -0.15) is 0 Å². The molecule has 5 nitrogen and oxygen atoms in total. The predicted octanol–water partition coefficient (Wildman–Crippen LogP) is 4.30. The zero-order valence-electron chi connectivity index (χ0n) is 13.6. The van der Waals surface area contributed by atoms with E-state index in [9.17, 15) is 0 Å². The number of hydrogen-bond acceptors (Lipinski definition) is 5. The van der Waals surface area contributed by atoms with Gasteiger partial charge in [0.25, 0.3) is 0 Å². The van der Waals surface area contributed by atoms with Crippen LogP contribution in [0.2, 0.25) is 0 Å². The summed E-state index contributed by atoms with van der Waals surface area (Å²) in [4.78, 5) is 11.4. The summed E-state index contributed by atoms with van der Waals surface area (Å²) in [6, 6.07) is 20.2. The van der Waals surface area contributed by atoms with E-state index in [-0.39, 0.29) is 5.54 Å². The molecule has 0 aliphatic rings. The van der Waals surface area contributed by atoms with E-state index < -0.39 is 0 Å². The first-order chi connectivity index (χ1) is 11.6. The number of nitrogens with one attached hydrogen (secondary N) is 2. The smallest absolute Gasteiger partial charge is 0.226 e. The van der Waals surface area contributed by atoms with Crippen LogP contribution >= 0.6 is 12.2 Å². The minimum Gasteiger partial charge on any atom is -0.300 e. The van der Waals surface area contributed by atoms with Crippen LogP contribution in [0, 0.1) is 4.77 Å². The van der Waals surface area contributed by atoms with Crippen molar-refractivity contribution in [3.05, 3.63) is 77.3 Å². The number of hydrazine groups is 1. The fraction of sp³-hybridized carbons (Fsp3) is 0.167. The molecular formula is C18H19N5S. The quantitative estimate of drug-likeness (QED) is 0.537. The van der Waals surface area contributed by atoms with Gasteiger partial charge in [-0.25, -0.2) is 15.0 Å². The Morgan fingerprint density at radius 2 is 1.58 bits per heavy atom. The third-order valence-electron chi connectivity index (χ3n) is 3.84. The summed E-state index contributed by atoms with van der Waals surface area (Å²) in [5.41, 5.74) is 5.14. The van der Waals surface area contributed by atoms with Crippen molar-refractivity contribution in [2.24, 2.45) is 0 Å². The van der Waals surface area contributed by atoms with Crippen molar-refractivity contribution in [2.45, 2.75) is 19.4 Å². The normalized spacial score (nSPS) is 11.1. The lowest BCUT2D eigenvalue weighted by molar-refractivity contribution is 0.500. The van der Waals surface area contributed by atoms with Gasteiger partial charge in [0.05, 0.1) is 11.2 Å². The molecule has 0 aliphatic carbocycles. The number of hydrogen-bond donors (Lipinski definition) is 2. The van der Waals surface area contributed by atoms with E-state index in [2.05, 4.69) is 46.4 Å². The lowest BCUT2D eigenvalue weighted by Gasteiger charge is -2.39. The number of rotatable bonds is 5. The van der Waals surface area contributed by atoms with E-state index in [1.54, 1.807) is 0 Å². The summed E-state index contributed by atoms with van der Waals surface area (Å²) in [6.07, 6.45) is 1.47. The fourth-order valence-corrected chi connectivity index (χ4v) is 2.62. The molecule has 0 atom stereocenters. The topological polar surface area (TPSA) is 56.8 Å². The highest BCUT2D eigenvalue weighted by Crippen LogP contribution is 2.30. The molecule has 2 aromatic carbocycles. The van der Waals surface area contributed by atoms with Gasteiger partial charge in [0.2, 0.25) is 10.7 Å². The fourth-order valence-electron chi connectivity index (χ4n) is 2.48. The summed E-state index contributed by atoms with van der Waals surface area (Å²) < 4.78 is 0.392. The molecule has 0 bridgehead atoms. The van der Waals surface area contributed by atoms with E-state index in [1.165, 1.54) is 6.33 Å². The molecule has 1 aromatic heterocycles. The highest BCUT2D eigenvalue weighted by Gasteiger charge is 2.31.